The molecule has 118 valence electrons. The Balaban J connectivity index is 2.10. The van der Waals surface area contributed by atoms with Gasteiger partial charge in [0.2, 0.25) is 0 Å². The summed E-state index contributed by atoms with van der Waals surface area (Å²) in [4.78, 5) is 11.8. The molecule has 0 amide bonds. The number of hydrogen-bond acceptors (Lipinski definition) is 4. The summed E-state index contributed by atoms with van der Waals surface area (Å²) in [6, 6.07) is 9.29. The quantitative estimate of drug-likeness (QED) is 0.787. The lowest BCUT2D eigenvalue weighted by Gasteiger charge is -2.36. The Kier molecular flexibility index (Phi) is 5.78. The fraction of sp³-hybridized carbons (Fsp3) is 0.389. The third kappa shape index (κ3) is 4.21. The Labute approximate surface area is 131 Å². The molecule has 0 radical (unpaired) electrons. The van der Waals surface area contributed by atoms with Crippen LogP contribution in [0.25, 0.3) is 0 Å². The molecule has 0 heterocycles. The number of hydrogen-bond donors (Lipinski definition) is 1. The van der Waals surface area contributed by atoms with Crippen molar-refractivity contribution in [3.05, 3.63) is 54.6 Å². The van der Waals surface area contributed by atoms with Gasteiger partial charge in [-0.25, -0.2) is 0 Å². The van der Waals surface area contributed by atoms with Gasteiger partial charge in [0, 0.05) is 6.42 Å². The van der Waals surface area contributed by atoms with Crippen LogP contribution in [0.15, 0.2) is 54.6 Å². The van der Waals surface area contributed by atoms with Crippen LogP contribution < -0.4 is 4.74 Å². The minimum Gasteiger partial charge on any atom is -0.480 e. The van der Waals surface area contributed by atoms with Crippen molar-refractivity contribution in [3.8, 4) is 5.75 Å². The zero-order valence-electron chi connectivity index (χ0n) is 12.8. The SMILES string of the molecule is CCCOC(=O)CC(O)C1(Oc2ccccc2)C=CC=CC1. The molecular weight excluding hydrogens is 280 g/mol. The summed E-state index contributed by atoms with van der Waals surface area (Å²) in [7, 11) is 0. The van der Waals surface area contributed by atoms with Gasteiger partial charge in [0.15, 0.2) is 5.60 Å². The van der Waals surface area contributed by atoms with E-state index in [-0.39, 0.29) is 6.42 Å². The van der Waals surface area contributed by atoms with E-state index >= 15 is 0 Å². The standard InChI is InChI=1S/C18H22O4/c1-2-13-21-17(20)14-16(19)18(11-7-4-8-12-18)22-15-9-5-3-6-10-15/h3-11,16,19H,2,12-14H2,1H3. The number of ether oxygens (including phenoxy) is 2. The zero-order chi connectivity index (χ0) is 15.8. The smallest absolute Gasteiger partial charge is 0.308 e. The average Bonchev–Trinajstić information content (AvgIpc) is 2.54. The minimum atomic E-state index is -0.974. The van der Waals surface area contributed by atoms with E-state index in [9.17, 15) is 9.90 Å². The summed E-state index contributed by atoms with van der Waals surface area (Å²) < 4.78 is 11.1. The lowest BCUT2D eigenvalue weighted by molar-refractivity contribution is -0.148. The summed E-state index contributed by atoms with van der Waals surface area (Å²) in [6.07, 6.45) is 7.64. The van der Waals surface area contributed by atoms with Crippen LogP contribution in [0.5, 0.6) is 5.75 Å². The number of rotatable bonds is 7. The van der Waals surface area contributed by atoms with Crippen molar-refractivity contribution in [2.24, 2.45) is 0 Å². The van der Waals surface area contributed by atoms with Gasteiger partial charge in [-0.2, -0.15) is 0 Å². The highest BCUT2D eigenvalue weighted by Gasteiger charge is 2.39. The average molecular weight is 302 g/mol. The monoisotopic (exact) mass is 302 g/mol. The number of carbonyl (C=O) groups excluding carboxylic acids is 1. The summed E-state index contributed by atoms with van der Waals surface area (Å²) in [5, 5.41) is 10.5. The first-order chi connectivity index (χ1) is 10.7. The fourth-order valence-electron chi connectivity index (χ4n) is 2.32. The van der Waals surface area contributed by atoms with Crippen LogP contribution in [0.3, 0.4) is 0 Å². The molecule has 2 rings (SSSR count). The van der Waals surface area contributed by atoms with Crippen LogP contribution in [0, 0.1) is 0 Å². The number of esters is 1. The molecule has 0 bridgehead atoms. The van der Waals surface area contributed by atoms with Crippen molar-refractivity contribution < 1.29 is 19.4 Å². The van der Waals surface area contributed by atoms with Crippen LogP contribution in [0.1, 0.15) is 26.2 Å². The zero-order valence-corrected chi connectivity index (χ0v) is 12.8. The van der Waals surface area contributed by atoms with Crippen LogP contribution in [0.4, 0.5) is 0 Å². The summed E-state index contributed by atoms with van der Waals surface area (Å²) in [5.41, 5.74) is -0.943. The van der Waals surface area contributed by atoms with Crippen LogP contribution in [-0.2, 0) is 9.53 Å². The molecule has 1 aliphatic carbocycles. The van der Waals surface area contributed by atoms with Crippen LogP contribution in [0.2, 0.25) is 0 Å². The molecule has 4 nitrogen and oxygen atoms in total. The van der Waals surface area contributed by atoms with E-state index in [2.05, 4.69) is 0 Å². The molecule has 2 atom stereocenters. The molecule has 1 aliphatic rings. The first-order valence-corrected chi connectivity index (χ1v) is 7.58. The van der Waals surface area contributed by atoms with Gasteiger partial charge in [-0.3, -0.25) is 4.79 Å². The number of allylic oxidation sites excluding steroid dienone is 2. The Hall–Kier alpha value is -2.07. The van der Waals surface area contributed by atoms with E-state index in [0.29, 0.717) is 18.8 Å². The Bertz CT molecular complexity index is 535. The van der Waals surface area contributed by atoms with Crippen LogP contribution >= 0.6 is 0 Å². The summed E-state index contributed by atoms with van der Waals surface area (Å²) in [5.74, 6) is 0.247. The van der Waals surface area contributed by atoms with Crippen molar-refractivity contribution in [2.75, 3.05) is 6.61 Å². The molecule has 0 aliphatic heterocycles. The van der Waals surface area contributed by atoms with Gasteiger partial charge in [-0.05, 0) is 24.6 Å². The van der Waals surface area contributed by atoms with Crippen molar-refractivity contribution in [2.45, 2.75) is 37.9 Å². The molecule has 1 N–H and O–H groups in total. The van der Waals surface area contributed by atoms with Gasteiger partial charge in [0.1, 0.15) is 11.9 Å². The highest BCUT2D eigenvalue weighted by atomic mass is 16.5. The molecule has 0 saturated heterocycles. The van der Waals surface area contributed by atoms with Crippen LogP contribution in [-0.4, -0.2) is 29.4 Å². The van der Waals surface area contributed by atoms with Gasteiger partial charge < -0.3 is 14.6 Å². The lowest BCUT2D eigenvalue weighted by Crippen LogP contribution is -2.47. The van der Waals surface area contributed by atoms with Gasteiger partial charge in [0.05, 0.1) is 13.0 Å². The third-order valence-corrected chi connectivity index (χ3v) is 3.50. The normalized spacial score (nSPS) is 21.4. The Morgan fingerprint density at radius 3 is 2.73 bits per heavy atom. The highest BCUT2D eigenvalue weighted by Crippen LogP contribution is 2.30. The first kappa shape index (κ1) is 16.3. The molecule has 0 aromatic heterocycles. The molecule has 1 aromatic rings. The van der Waals surface area contributed by atoms with E-state index in [4.69, 9.17) is 9.47 Å². The second-order valence-electron chi connectivity index (χ2n) is 5.30. The predicted molar refractivity (Wildman–Crippen MR) is 84.6 cm³/mol. The van der Waals surface area contributed by atoms with E-state index < -0.39 is 17.7 Å². The second-order valence-corrected chi connectivity index (χ2v) is 5.30. The Morgan fingerprint density at radius 1 is 1.32 bits per heavy atom. The molecule has 4 heteroatoms. The topological polar surface area (TPSA) is 55.8 Å². The number of para-hydroxylation sites is 1. The molecular formula is C18H22O4. The molecule has 1 aromatic carbocycles. The largest absolute Gasteiger partial charge is 0.480 e. The molecule has 0 spiro atoms. The van der Waals surface area contributed by atoms with Gasteiger partial charge in [-0.15, -0.1) is 0 Å². The highest BCUT2D eigenvalue weighted by molar-refractivity contribution is 5.70. The van der Waals surface area contributed by atoms with Gasteiger partial charge >= 0.3 is 5.97 Å². The predicted octanol–water partition coefficient (Wildman–Crippen LogP) is 3.02. The number of aliphatic hydroxyl groups is 1. The van der Waals surface area contributed by atoms with Gasteiger partial charge in [-0.1, -0.05) is 43.4 Å². The van der Waals surface area contributed by atoms with E-state index in [0.717, 1.165) is 6.42 Å². The van der Waals surface area contributed by atoms with E-state index in [1.165, 1.54) is 0 Å². The van der Waals surface area contributed by atoms with Gasteiger partial charge in [0.25, 0.3) is 0 Å². The molecule has 22 heavy (non-hydrogen) atoms. The van der Waals surface area contributed by atoms with E-state index in [1.807, 2.05) is 55.5 Å². The Morgan fingerprint density at radius 2 is 2.09 bits per heavy atom. The van der Waals surface area contributed by atoms with Crippen molar-refractivity contribution >= 4 is 5.97 Å². The molecule has 0 fully saturated rings. The summed E-state index contributed by atoms with van der Waals surface area (Å²) >= 11 is 0. The number of benzene rings is 1. The fourth-order valence-corrected chi connectivity index (χ4v) is 2.32. The maximum absolute atomic E-state index is 11.8. The van der Waals surface area contributed by atoms with Crippen molar-refractivity contribution in [3.63, 3.8) is 0 Å². The van der Waals surface area contributed by atoms with Crippen molar-refractivity contribution in [1.82, 2.24) is 0 Å². The molecule has 2 unspecified atom stereocenters. The summed E-state index contributed by atoms with van der Waals surface area (Å²) in [6.45, 7) is 2.30. The number of carbonyl (C=O) groups is 1. The second kappa shape index (κ2) is 7.80. The number of aliphatic hydroxyl groups excluding tert-OH is 1. The minimum absolute atomic E-state index is 0.0922. The third-order valence-electron chi connectivity index (χ3n) is 3.50. The first-order valence-electron chi connectivity index (χ1n) is 7.58. The maximum atomic E-state index is 11.8. The van der Waals surface area contributed by atoms with E-state index in [1.54, 1.807) is 6.08 Å². The lowest BCUT2D eigenvalue weighted by atomic mass is 9.87. The molecule has 0 saturated carbocycles. The maximum Gasteiger partial charge on any atom is 0.308 e. The van der Waals surface area contributed by atoms with Crippen molar-refractivity contribution in [1.29, 1.82) is 0 Å².